The third kappa shape index (κ3) is 6.45. The highest BCUT2D eigenvalue weighted by molar-refractivity contribution is 6.01. The summed E-state index contributed by atoms with van der Waals surface area (Å²) in [5.74, 6) is -1.00. The number of hydrogen-bond donors (Lipinski definition) is 1. The van der Waals surface area contributed by atoms with Crippen molar-refractivity contribution < 1.29 is 14.3 Å². The molecule has 162 valence electrons. The molecule has 0 bridgehead atoms. The Kier molecular flexibility index (Phi) is 8.39. The maximum atomic E-state index is 12.6. The number of carbonyl (C=O) groups excluding carboxylic acids is 2. The van der Waals surface area contributed by atoms with Gasteiger partial charge in [0.15, 0.2) is 6.10 Å². The summed E-state index contributed by atoms with van der Waals surface area (Å²) in [6.45, 7) is 5.65. The number of carbonyl (C=O) groups is 2. The van der Waals surface area contributed by atoms with E-state index in [0.29, 0.717) is 11.3 Å². The molecule has 2 aromatic carbocycles. The first kappa shape index (κ1) is 23.7. The number of ether oxygens (including phenoxy) is 1. The van der Waals surface area contributed by atoms with Gasteiger partial charge < -0.3 is 15.0 Å². The maximum absolute atomic E-state index is 12.6. The zero-order valence-electron chi connectivity index (χ0n) is 18.7. The van der Waals surface area contributed by atoms with E-state index < -0.39 is 18.0 Å². The fraction of sp³-hybridized carbons (Fsp3) is 0.320. The van der Waals surface area contributed by atoms with Crippen LogP contribution >= 0.6 is 0 Å². The summed E-state index contributed by atoms with van der Waals surface area (Å²) in [6, 6.07) is 16.8. The molecule has 0 unspecified atom stereocenters. The number of nitriles is 1. The highest BCUT2D eigenvalue weighted by Crippen LogP contribution is 2.26. The zero-order valence-corrected chi connectivity index (χ0v) is 18.7. The van der Waals surface area contributed by atoms with Gasteiger partial charge >= 0.3 is 5.97 Å². The molecule has 2 atom stereocenters. The Morgan fingerprint density at radius 3 is 2.35 bits per heavy atom. The van der Waals surface area contributed by atoms with Crippen LogP contribution < -0.4 is 10.2 Å². The largest absolute Gasteiger partial charge is 0.448 e. The normalized spacial score (nSPS) is 13.0. The molecule has 6 heteroatoms. The van der Waals surface area contributed by atoms with Crippen molar-refractivity contribution >= 4 is 29.3 Å². The molecule has 0 heterocycles. The lowest BCUT2D eigenvalue weighted by Gasteiger charge is -2.18. The Hall–Kier alpha value is -3.59. The molecule has 0 saturated carbocycles. The van der Waals surface area contributed by atoms with Gasteiger partial charge in [-0.3, -0.25) is 4.79 Å². The number of amides is 1. The summed E-state index contributed by atoms with van der Waals surface area (Å²) in [7, 11) is 3.85. The molecule has 0 saturated heterocycles. The molecule has 0 spiro atoms. The number of para-hydroxylation sites is 1. The van der Waals surface area contributed by atoms with Crippen LogP contribution in [-0.2, 0) is 14.3 Å². The Bertz CT molecular complexity index is 988. The summed E-state index contributed by atoms with van der Waals surface area (Å²) in [5.41, 5.74) is 3.24. The van der Waals surface area contributed by atoms with Crippen LogP contribution in [0.5, 0.6) is 0 Å². The van der Waals surface area contributed by atoms with Crippen molar-refractivity contribution in [3.8, 4) is 6.07 Å². The van der Waals surface area contributed by atoms with Gasteiger partial charge in [0.1, 0.15) is 11.6 Å². The quantitative estimate of drug-likeness (QED) is 0.379. The Balaban J connectivity index is 2.08. The molecule has 1 amide bonds. The second-order valence-electron chi connectivity index (χ2n) is 7.59. The van der Waals surface area contributed by atoms with Crippen LogP contribution in [0.25, 0.3) is 6.08 Å². The van der Waals surface area contributed by atoms with Crippen LogP contribution in [-0.4, -0.2) is 32.1 Å². The van der Waals surface area contributed by atoms with Crippen LogP contribution in [0, 0.1) is 11.3 Å². The van der Waals surface area contributed by atoms with Gasteiger partial charge in [0.2, 0.25) is 0 Å². The molecule has 0 aliphatic heterocycles. The van der Waals surface area contributed by atoms with Crippen molar-refractivity contribution in [1.82, 2.24) is 0 Å². The molecule has 2 rings (SSSR count). The lowest BCUT2D eigenvalue weighted by atomic mass is 9.97. The highest BCUT2D eigenvalue weighted by Gasteiger charge is 2.22. The second-order valence-corrected chi connectivity index (χ2v) is 7.59. The number of esters is 1. The minimum absolute atomic E-state index is 0.169. The molecule has 1 N–H and O–H groups in total. The van der Waals surface area contributed by atoms with E-state index in [4.69, 9.17) is 4.74 Å². The van der Waals surface area contributed by atoms with Crippen molar-refractivity contribution in [3.63, 3.8) is 0 Å². The topological polar surface area (TPSA) is 82.4 Å². The van der Waals surface area contributed by atoms with Crippen molar-refractivity contribution in [1.29, 1.82) is 5.26 Å². The van der Waals surface area contributed by atoms with Gasteiger partial charge in [-0.15, -0.1) is 0 Å². The number of nitrogens with zero attached hydrogens (tertiary/aromatic N) is 2. The molecule has 2 aromatic rings. The average molecular weight is 420 g/mol. The summed E-state index contributed by atoms with van der Waals surface area (Å²) in [5, 5.41) is 12.2. The standard InChI is InChI=1S/C25H29N3O3/c1-6-17(2)22-9-7-8-10-23(22)27-24(29)18(3)31-25(30)20(16-26)15-19-11-13-21(14-12-19)28(4)5/h7-15,17-18H,6H2,1-5H3,(H,27,29)/b20-15+/t17-,18-/m0/s1. The number of rotatable bonds is 8. The number of nitrogens with one attached hydrogen (secondary N) is 1. The monoisotopic (exact) mass is 419 g/mol. The molecular formula is C25H29N3O3. The minimum Gasteiger partial charge on any atom is -0.448 e. The van der Waals surface area contributed by atoms with E-state index in [1.54, 1.807) is 0 Å². The number of anilines is 2. The van der Waals surface area contributed by atoms with Crippen LogP contribution in [0.15, 0.2) is 54.1 Å². The Labute approximate surface area is 184 Å². The van der Waals surface area contributed by atoms with Crippen molar-refractivity contribution in [2.75, 3.05) is 24.3 Å². The minimum atomic E-state index is -1.05. The van der Waals surface area contributed by atoms with E-state index in [1.165, 1.54) is 13.0 Å². The van der Waals surface area contributed by atoms with Crippen LogP contribution in [0.2, 0.25) is 0 Å². The molecule has 0 aliphatic rings. The molecule has 6 nitrogen and oxygen atoms in total. The van der Waals surface area contributed by atoms with Crippen molar-refractivity contribution in [2.24, 2.45) is 0 Å². The number of hydrogen-bond acceptors (Lipinski definition) is 5. The summed E-state index contributed by atoms with van der Waals surface area (Å²) < 4.78 is 5.25. The summed E-state index contributed by atoms with van der Waals surface area (Å²) in [6.07, 6.45) is 1.33. The van der Waals surface area contributed by atoms with Gasteiger partial charge in [-0.25, -0.2) is 4.79 Å². The van der Waals surface area contributed by atoms with Gasteiger partial charge in [-0.05, 0) is 54.7 Å². The van der Waals surface area contributed by atoms with E-state index in [2.05, 4.69) is 19.2 Å². The van der Waals surface area contributed by atoms with Gasteiger partial charge in [-0.1, -0.05) is 44.2 Å². The smallest absolute Gasteiger partial charge is 0.349 e. The predicted molar refractivity (Wildman–Crippen MR) is 124 cm³/mol. The third-order valence-corrected chi connectivity index (χ3v) is 5.08. The molecule has 0 aliphatic carbocycles. The van der Waals surface area contributed by atoms with E-state index in [0.717, 1.165) is 17.7 Å². The van der Waals surface area contributed by atoms with Gasteiger partial charge in [0, 0.05) is 25.5 Å². The highest BCUT2D eigenvalue weighted by atomic mass is 16.5. The van der Waals surface area contributed by atoms with Gasteiger partial charge in [0.25, 0.3) is 5.91 Å². The lowest BCUT2D eigenvalue weighted by Crippen LogP contribution is -2.30. The third-order valence-electron chi connectivity index (χ3n) is 5.08. The predicted octanol–water partition coefficient (Wildman–Crippen LogP) is 4.74. The zero-order chi connectivity index (χ0) is 23.0. The van der Waals surface area contributed by atoms with E-state index in [9.17, 15) is 14.9 Å². The maximum Gasteiger partial charge on any atom is 0.349 e. The lowest BCUT2D eigenvalue weighted by molar-refractivity contribution is -0.148. The molecule has 0 aromatic heterocycles. The average Bonchev–Trinajstić information content (AvgIpc) is 2.77. The van der Waals surface area contributed by atoms with E-state index in [-0.39, 0.29) is 11.5 Å². The van der Waals surface area contributed by atoms with Crippen LogP contribution in [0.4, 0.5) is 11.4 Å². The number of benzene rings is 2. The van der Waals surface area contributed by atoms with Crippen molar-refractivity contribution in [3.05, 3.63) is 65.2 Å². The van der Waals surface area contributed by atoms with E-state index >= 15 is 0 Å². The van der Waals surface area contributed by atoms with Crippen LogP contribution in [0.3, 0.4) is 0 Å². The molecule has 0 fully saturated rings. The fourth-order valence-electron chi connectivity index (χ4n) is 2.94. The molecule has 31 heavy (non-hydrogen) atoms. The first-order valence-electron chi connectivity index (χ1n) is 10.3. The first-order valence-corrected chi connectivity index (χ1v) is 10.3. The Morgan fingerprint density at radius 2 is 1.77 bits per heavy atom. The summed E-state index contributed by atoms with van der Waals surface area (Å²) >= 11 is 0. The Morgan fingerprint density at radius 1 is 1.13 bits per heavy atom. The van der Waals surface area contributed by atoms with E-state index in [1.807, 2.05) is 73.6 Å². The fourth-order valence-corrected chi connectivity index (χ4v) is 2.94. The molecule has 0 radical (unpaired) electrons. The SMILES string of the molecule is CC[C@H](C)c1ccccc1NC(=O)[C@H](C)OC(=O)/C(C#N)=C/c1ccc(N(C)C)cc1. The van der Waals surface area contributed by atoms with Gasteiger partial charge in [0.05, 0.1) is 0 Å². The van der Waals surface area contributed by atoms with Crippen molar-refractivity contribution in [2.45, 2.75) is 39.2 Å². The second kappa shape index (κ2) is 11.0. The van der Waals surface area contributed by atoms with Crippen LogP contribution in [0.1, 0.15) is 44.2 Å². The molecular weight excluding hydrogens is 390 g/mol. The summed E-state index contributed by atoms with van der Waals surface area (Å²) in [4.78, 5) is 27.0. The first-order chi connectivity index (χ1) is 14.8. The van der Waals surface area contributed by atoms with Gasteiger partial charge in [-0.2, -0.15) is 5.26 Å².